The fraction of sp³-hybridized carbons (Fsp3) is 1.00. The molecular weight excluding hydrogens is 248 g/mol. The highest BCUT2D eigenvalue weighted by atomic mass is 14.8. The lowest BCUT2D eigenvalue weighted by Crippen LogP contribution is -2.53. The van der Waals surface area contributed by atoms with Crippen molar-refractivity contribution in [3.63, 3.8) is 0 Å². The van der Waals surface area contributed by atoms with Gasteiger partial charge in [0.25, 0.3) is 0 Å². The summed E-state index contributed by atoms with van der Waals surface area (Å²) in [6.45, 7) is 9.08. The quantitative estimate of drug-likeness (QED) is 0.543. The lowest BCUT2D eigenvalue weighted by molar-refractivity contribution is 0.0853. The van der Waals surface area contributed by atoms with E-state index in [4.69, 9.17) is 22.9 Å². The van der Waals surface area contributed by atoms with Gasteiger partial charge in [0.05, 0.1) is 0 Å². The molecular formula is C16H36N4. The SMILES string of the molecule is CC1CCC(C)(C)C(C)(N)C1.NC1CCC(N)C(N)C1. The van der Waals surface area contributed by atoms with Crippen LogP contribution in [0.2, 0.25) is 0 Å². The fourth-order valence-corrected chi connectivity index (χ4v) is 3.26. The van der Waals surface area contributed by atoms with Crippen LogP contribution in [0.4, 0.5) is 0 Å². The average Bonchev–Trinajstić information content (AvgIpc) is 2.30. The zero-order valence-corrected chi connectivity index (χ0v) is 13.9. The molecule has 2 aliphatic carbocycles. The van der Waals surface area contributed by atoms with E-state index < -0.39 is 0 Å². The van der Waals surface area contributed by atoms with Crippen LogP contribution in [0.3, 0.4) is 0 Å². The van der Waals surface area contributed by atoms with Crippen LogP contribution in [0, 0.1) is 11.3 Å². The molecule has 0 aliphatic heterocycles. The fourth-order valence-electron chi connectivity index (χ4n) is 3.26. The van der Waals surface area contributed by atoms with Crippen LogP contribution in [0.25, 0.3) is 0 Å². The topological polar surface area (TPSA) is 104 Å². The third-order valence-electron chi connectivity index (χ3n) is 5.58. The molecule has 2 fully saturated rings. The van der Waals surface area contributed by atoms with Crippen molar-refractivity contribution >= 4 is 0 Å². The summed E-state index contributed by atoms with van der Waals surface area (Å²) >= 11 is 0. The Bertz CT molecular complexity index is 301. The molecule has 0 radical (unpaired) electrons. The summed E-state index contributed by atoms with van der Waals surface area (Å²) in [5.74, 6) is 0.818. The molecule has 0 bridgehead atoms. The van der Waals surface area contributed by atoms with Crippen molar-refractivity contribution in [1.29, 1.82) is 0 Å². The third-order valence-corrected chi connectivity index (χ3v) is 5.58. The normalized spacial score (nSPS) is 44.4. The summed E-state index contributed by atoms with van der Waals surface area (Å²) in [5, 5.41) is 0. The lowest BCUT2D eigenvalue weighted by atomic mass is 9.62. The van der Waals surface area contributed by atoms with Gasteiger partial charge >= 0.3 is 0 Å². The summed E-state index contributed by atoms with van der Waals surface area (Å²) in [6.07, 6.45) is 6.72. The number of hydrogen-bond acceptors (Lipinski definition) is 4. The van der Waals surface area contributed by atoms with Crippen molar-refractivity contribution in [2.45, 2.75) is 89.9 Å². The maximum Gasteiger partial charge on any atom is 0.0207 e. The van der Waals surface area contributed by atoms with E-state index in [-0.39, 0.29) is 17.6 Å². The van der Waals surface area contributed by atoms with Crippen molar-refractivity contribution < 1.29 is 0 Å². The Labute approximate surface area is 125 Å². The van der Waals surface area contributed by atoms with Gasteiger partial charge in [0.15, 0.2) is 0 Å². The van der Waals surface area contributed by atoms with E-state index in [0.29, 0.717) is 11.5 Å². The van der Waals surface area contributed by atoms with Crippen LogP contribution < -0.4 is 22.9 Å². The maximum atomic E-state index is 6.25. The van der Waals surface area contributed by atoms with Gasteiger partial charge in [-0.05, 0) is 50.4 Å². The molecule has 120 valence electrons. The first-order valence-electron chi connectivity index (χ1n) is 8.11. The van der Waals surface area contributed by atoms with Crippen LogP contribution in [0.1, 0.15) is 66.2 Å². The summed E-state index contributed by atoms with van der Waals surface area (Å²) in [7, 11) is 0. The average molecular weight is 284 g/mol. The monoisotopic (exact) mass is 284 g/mol. The van der Waals surface area contributed by atoms with E-state index in [1.165, 1.54) is 19.3 Å². The highest BCUT2D eigenvalue weighted by Crippen LogP contribution is 2.43. The standard InChI is InChI=1S/C10H21N.C6H15N3/c1-8-5-6-9(2,3)10(4,11)7-8;7-4-1-2-5(8)6(9)3-4/h8H,5-7,11H2,1-4H3;4-6H,1-3,7-9H2. The molecule has 8 N–H and O–H groups in total. The van der Waals surface area contributed by atoms with Crippen LogP contribution >= 0.6 is 0 Å². The molecule has 0 spiro atoms. The van der Waals surface area contributed by atoms with Gasteiger partial charge in [0.1, 0.15) is 0 Å². The Morgan fingerprint density at radius 1 is 0.900 bits per heavy atom. The number of nitrogens with two attached hydrogens (primary N) is 4. The van der Waals surface area contributed by atoms with Crippen molar-refractivity contribution in [2.24, 2.45) is 34.3 Å². The van der Waals surface area contributed by atoms with E-state index in [2.05, 4.69) is 27.7 Å². The lowest BCUT2D eigenvalue weighted by Gasteiger charge is -2.47. The molecule has 2 rings (SSSR count). The van der Waals surface area contributed by atoms with Crippen molar-refractivity contribution in [2.75, 3.05) is 0 Å². The molecule has 4 nitrogen and oxygen atoms in total. The maximum absolute atomic E-state index is 6.25. The Morgan fingerprint density at radius 3 is 1.90 bits per heavy atom. The summed E-state index contributed by atoms with van der Waals surface area (Å²) in [6, 6.07) is 0.610. The van der Waals surface area contributed by atoms with Gasteiger partial charge in [-0.3, -0.25) is 0 Å². The first-order valence-corrected chi connectivity index (χ1v) is 8.11. The number of rotatable bonds is 0. The molecule has 2 saturated carbocycles. The van der Waals surface area contributed by atoms with Crippen molar-refractivity contribution in [3.8, 4) is 0 Å². The molecule has 0 aromatic heterocycles. The zero-order valence-electron chi connectivity index (χ0n) is 13.9. The zero-order chi connectivity index (χ0) is 15.6. The first-order chi connectivity index (χ1) is 9.05. The van der Waals surface area contributed by atoms with Crippen molar-refractivity contribution in [1.82, 2.24) is 0 Å². The highest BCUT2D eigenvalue weighted by Gasteiger charge is 2.41. The van der Waals surface area contributed by atoms with E-state index >= 15 is 0 Å². The minimum atomic E-state index is 0.0463. The molecule has 5 atom stereocenters. The van der Waals surface area contributed by atoms with E-state index in [9.17, 15) is 0 Å². The Hall–Kier alpha value is -0.160. The summed E-state index contributed by atoms with van der Waals surface area (Å²) in [4.78, 5) is 0. The third kappa shape index (κ3) is 4.69. The van der Waals surface area contributed by atoms with Gasteiger partial charge in [-0.1, -0.05) is 27.2 Å². The molecule has 0 amide bonds. The van der Waals surface area contributed by atoms with Crippen LogP contribution in [0.15, 0.2) is 0 Å². The molecule has 0 heterocycles. The smallest absolute Gasteiger partial charge is 0.0207 e. The molecule has 5 unspecified atom stereocenters. The van der Waals surface area contributed by atoms with Crippen LogP contribution in [-0.4, -0.2) is 23.7 Å². The van der Waals surface area contributed by atoms with E-state index in [0.717, 1.165) is 25.2 Å². The van der Waals surface area contributed by atoms with Crippen LogP contribution in [-0.2, 0) is 0 Å². The van der Waals surface area contributed by atoms with Crippen LogP contribution in [0.5, 0.6) is 0 Å². The molecule has 0 aromatic rings. The first kappa shape index (κ1) is 17.9. The van der Waals surface area contributed by atoms with Gasteiger partial charge in [-0.25, -0.2) is 0 Å². The summed E-state index contributed by atoms with van der Waals surface area (Å²) < 4.78 is 0. The van der Waals surface area contributed by atoms with E-state index in [1.807, 2.05) is 0 Å². The molecule has 4 heteroatoms. The Balaban J connectivity index is 0.000000204. The Kier molecular flexibility index (Phi) is 6.02. The Morgan fingerprint density at radius 2 is 1.50 bits per heavy atom. The van der Waals surface area contributed by atoms with Gasteiger partial charge < -0.3 is 22.9 Å². The molecule has 0 saturated heterocycles. The van der Waals surface area contributed by atoms with E-state index in [1.54, 1.807) is 0 Å². The van der Waals surface area contributed by atoms with Gasteiger partial charge in [0.2, 0.25) is 0 Å². The predicted molar refractivity (Wildman–Crippen MR) is 87.2 cm³/mol. The van der Waals surface area contributed by atoms with Gasteiger partial charge in [-0.2, -0.15) is 0 Å². The highest BCUT2D eigenvalue weighted by molar-refractivity contribution is 4.98. The second-order valence-electron chi connectivity index (χ2n) is 8.05. The van der Waals surface area contributed by atoms with Crippen molar-refractivity contribution in [3.05, 3.63) is 0 Å². The largest absolute Gasteiger partial charge is 0.328 e. The van der Waals surface area contributed by atoms with Gasteiger partial charge in [0, 0.05) is 23.7 Å². The molecule has 0 aromatic carbocycles. The minimum absolute atomic E-state index is 0.0463. The second kappa shape index (κ2) is 6.73. The summed E-state index contributed by atoms with van der Waals surface area (Å²) in [5.41, 5.74) is 23.6. The number of hydrogen-bond donors (Lipinski definition) is 4. The van der Waals surface area contributed by atoms with Gasteiger partial charge in [-0.15, -0.1) is 0 Å². The predicted octanol–water partition coefficient (Wildman–Crippen LogP) is 1.70. The second-order valence-corrected chi connectivity index (χ2v) is 8.05. The molecule has 2 aliphatic rings. The molecule has 20 heavy (non-hydrogen) atoms. The minimum Gasteiger partial charge on any atom is -0.328 e.